The lowest BCUT2D eigenvalue weighted by atomic mass is 10.0. The number of amides is 2. The standard InChI is InChI=1S/C36H30N4O10S2.2C7H16/c1-23-33(35(41)39(37-23)27-7-15-31(16-8-27)51(43,44)45)21-25-3-11-29(12-4-25)49-19-20-50-30-13-5-26(6-14-30)22-34-24(2)38-40(36(34)42)28-9-17-32(18-10-28)52(46,47)48;2*1-4-7(5-2)6-3/h3-18,21-22H,19-20H2,1-2H3,(H,43,44,45)(H,46,47,48);2*7H,4-6H2,1-3H3/b33-21-,34-22+;;. The van der Waals surface area contributed by atoms with E-state index in [9.17, 15) is 35.5 Å². The summed E-state index contributed by atoms with van der Waals surface area (Å²) in [6, 6.07) is 24.5. The number of nitrogens with zero attached hydrogens (tertiary/aromatic N) is 4. The zero-order valence-electron chi connectivity index (χ0n) is 39.0. The first-order valence-electron chi connectivity index (χ1n) is 22.2. The lowest BCUT2D eigenvalue weighted by molar-refractivity contribution is -0.115. The van der Waals surface area contributed by atoms with Crippen molar-refractivity contribution in [2.24, 2.45) is 22.0 Å². The summed E-state index contributed by atoms with van der Waals surface area (Å²) in [5.41, 5.74) is 3.89. The molecule has 14 nitrogen and oxygen atoms in total. The van der Waals surface area contributed by atoms with Gasteiger partial charge in [0.2, 0.25) is 0 Å². The van der Waals surface area contributed by atoms with Crippen LogP contribution in [0.4, 0.5) is 11.4 Å². The van der Waals surface area contributed by atoms with Crippen LogP contribution in [-0.4, -0.2) is 62.4 Å². The van der Waals surface area contributed by atoms with Crippen molar-refractivity contribution < 1.29 is 45.0 Å². The lowest BCUT2D eigenvalue weighted by Gasteiger charge is -2.12. The number of anilines is 2. The third-order valence-electron chi connectivity index (χ3n) is 11.4. The number of hydrogen-bond acceptors (Lipinski definition) is 10. The van der Waals surface area contributed by atoms with Crippen molar-refractivity contribution in [3.63, 3.8) is 0 Å². The highest BCUT2D eigenvalue weighted by molar-refractivity contribution is 7.86. The van der Waals surface area contributed by atoms with Crippen molar-refractivity contribution in [1.29, 1.82) is 0 Å². The van der Waals surface area contributed by atoms with E-state index in [-0.39, 0.29) is 34.8 Å². The van der Waals surface area contributed by atoms with E-state index in [0.717, 1.165) is 23.0 Å². The van der Waals surface area contributed by atoms with Crippen LogP contribution in [0.15, 0.2) is 128 Å². The molecule has 0 unspecified atom stereocenters. The predicted octanol–water partition coefficient (Wildman–Crippen LogP) is 10.9. The molecule has 4 aromatic carbocycles. The van der Waals surface area contributed by atoms with Crippen molar-refractivity contribution in [1.82, 2.24) is 0 Å². The van der Waals surface area contributed by atoms with Gasteiger partial charge in [-0.25, -0.2) is 0 Å². The summed E-state index contributed by atoms with van der Waals surface area (Å²) < 4.78 is 75.3. The Bertz CT molecular complexity index is 2400. The maximum atomic E-state index is 13.1. The molecule has 2 amide bonds. The Hall–Kier alpha value is -5.94. The highest BCUT2D eigenvalue weighted by atomic mass is 32.2. The number of hydrazone groups is 2. The molecule has 0 saturated heterocycles. The number of carbonyl (C=O) groups excluding carboxylic acids is 2. The molecule has 0 bridgehead atoms. The topological polar surface area (TPSA) is 193 Å². The second-order valence-corrected chi connectivity index (χ2v) is 18.5. The molecule has 6 rings (SSSR count). The maximum Gasteiger partial charge on any atom is 0.294 e. The zero-order valence-corrected chi connectivity index (χ0v) is 40.6. The van der Waals surface area contributed by atoms with Gasteiger partial charge in [-0.2, -0.15) is 37.1 Å². The molecule has 0 saturated carbocycles. The molecule has 66 heavy (non-hydrogen) atoms. The van der Waals surface area contributed by atoms with Gasteiger partial charge in [0.15, 0.2) is 0 Å². The van der Waals surface area contributed by atoms with E-state index < -0.39 is 20.2 Å². The molecule has 16 heteroatoms. The highest BCUT2D eigenvalue weighted by Crippen LogP contribution is 2.28. The minimum Gasteiger partial charge on any atom is -0.490 e. The van der Waals surface area contributed by atoms with Gasteiger partial charge in [-0.3, -0.25) is 18.7 Å². The normalized spacial score (nSPS) is 15.2. The third-order valence-corrected chi connectivity index (χ3v) is 13.1. The first-order valence-corrected chi connectivity index (χ1v) is 25.1. The van der Waals surface area contributed by atoms with Crippen LogP contribution < -0.4 is 19.5 Å². The second-order valence-electron chi connectivity index (χ2n) is 15.7. The van der Waals surface area contributed by atoms with E-state index in [4.69, 9.17) is 9.47 Å². The van der Waals surface area contributed by atoms with Gasteiger partial charge in [0.25, 0.3) is 32.1 Å². The molecule has 354 valence electrons. The van der Waals surface area contributed by atoms with Crippen molar-refractivity contribution in [3.8, 4) is 11.5 Å². The van der Waals surface area contributed by atoms with Crippen LogP contribution >= 0.6 is 0 Å². The molecular formula is C50H62N4O10S2. The molecule has 4 aromatic rings. The van der Waals surface area contributed by atoms with Crippen LogP contribution in [0.1, 0.15) is 105 Å². The van der Waals surface area contributed by atoms with Gasteiger partial charge in [0, 0.05) is 0 Å². The van der Waals surface area contributed by atoms with Gasteiger partial charge in [0.05, 0.1) is 43.7 Å². The van der Waals surface area contributed by atoms with E-state index in [2.05, 4.69) is 51.7 Å². The van der Waals surface area contributed by atoms with E-state index >= 15 is 0 Å². The summed E-state index contributed by atoms with van der Waals surface area (Å²) in [4.78, 5) is 25.6. The molecule has 2 N–H and O–H groups in total. The summed E-state index contributed by atoms with van der Waals surface area (Å²) in [5, 5.41) is 10.9. The van der Waals surface area contributed by atoms with E-state index in [1.165, 1.54) is 97.1 Å². The fraction of sp³-hybridized carbons (Fsp3) is 0.360. The number of rotatable bonds is 17. The Morgan fingerprint density at radius 2 is 0.788 bits per heavy atom. The SMILES string of the molecule is CC1=NN(c2ccc(S(=O)(=O)O)cc2)C(=O)/C1=C\c1ccc(OCCOc2ccc(/C=C3/C(=O)N(c4ccc(S(=O)(=O)O)cc4)N=C3C)cc2)cc1.CCC(CC)CC.CCC(CC)CC. The maximum absolute atomic E-state index is 13.1. The molecule has 0 aliphatic carbocycles. The monoisotopic (exact) mass is 942 g/mol. The van der Waals surface area contributed by atoms with Crippen molar-refractivity contribution in [2.45, 2.75) is 104 Å². The van der Waals surface area contributed by atoms with Gasteiger partial charge in [-0.05, 0) is 122 Å². The summed E-state index contributed by atoms with van der Waals surface area (Å²) in [6.07, 6.45) is 11.5. The second kappa shape index (κ2) is 24.5. The summed E-state index contributed by atoms with van der Waals surface area (Å²) >= 11 is 0. The number of carbonyl (C=O) groups is 2. The van der Waals surface area contributed by atoms with E-state index in [1.54, 1.807) is 74.5 Å². The molecule has 2 aliphatic rings. The fourth-order valence-corrected chi connectivity index (χ4v) is 7.90. The minimum absolute atomic E-state index is 0.257. The third kappa shape index (κ3) is 14.8. The molecule has 2 heterocycles. The Kier molecular flexibility index (Phi) is 19.6. The van der Waals surface area contributed by atoms with Crippen LogP contribution in [0, 0.1) is 11.8 Å². The summed E-state index contributed by atoms with van der Waals surface area (Å²) in [5.74, 6) is 2.40. The van der Waals surface area contributed by atoms with Gasteiger partial charge in [-0.15, -0.1) is 0 Å². The Balaban J connectivity index is 0.000000590. The molecule has 0 atom stereocenters. The molecule has 2 aliphatic heterocycles. The largest absolute Gasteiger partial charge is 0.490 e. The van der Waals surface area contributed by atoms with Gasteiger partial charge in [0.1, 0.15) is 24.7 Å². The van der Waals surface area contributed by atoms with Crippen molar-refractivity contribution in [3.05, 3.63) is 119 Å². The zero-order chi connectivity index (χ0) is 48.6. The summed E-state index contributed by atoms with van der Waals surface area (Å²) in [6.45, 7) is 17.5. The predicted molar refractivity (Wildman–Crippen MR) is 262 cm³/mol. The van der Waals surface area contributed by atoms with Crippen LogP contribution in [0.5, 0.6) is 11.5 Å². The molecule has 0 aromatic heterocycles. The molecule has 0 spiro atoms. The van der Waals surface area contributed by atoms with E-state index in [1.807, 2.05) is 0 Å². The van der Waals surface area contributed by atoms with Gasteiger partial charge < -0.3 is 9.47 Å². The Labute approximate surface area is 390 Å². The highest BCUT2D eigenvalue weighted by Gasteiger charge is 2.30. The number of ether oxygens (including phenoxy) is 2. The quantitative estimate of drug-likeness (QED) is 0.0584. The van der Waals surface area contributed by atoms with Gasteiger partial charge >= 0.3 is 0 Å². The fourth-order valence-electron chi connectivity index (χ4n) is 6.94. The molecule has 0 radical (unpaired) electrons. The summed E-state index contributed by atoms with van der Waals surface area (Å²) in [7, 11) is -8.72. The molecule has 0 fully saturated rings. The Morgan fingerprint density at radius 3 is 1.03 bits per heavy atom. The lowest BCUT2D eigenvalue weighted by Crippen LogP contribution is -2.21. The first-order chi connectivity index (χ1) is 31.4. The average molecular weight is 943 g/mol. The first kappa shape index (κ1) is 52.7. The van der Waals surface area contributed by atoms with Crippen molar-refractivity contribution in [2.75, 3.05) is 23.2 Å². The van der Waals surface area contributed by atoms with Crippen LogP contribution in [-0.2, 0) is 29.8 Å². The van der Waals surface area contributed by atoms with Crippen LogP contribution in [0.3, 0.4) is 0 Å². The number of hydrogen-bond donors (Lipinski definition) is 2. The Morgan fingerprint density at radius 1 is 0.500 bits per heavy atom. The van der Waals surface area contributed by atoms with Crippen molar-refractivity contribution >= 4 is 67.0 Å². The van der Waals surface area contributed by atoms with Gasteiger partial charge in [-0.1, -0.05) is 104 Å². The smallest absolute Gasteiger partial charge is 0.294 e. The van der Waals surface area contributed by atoms with Crippen LogP contribution in [0.25, 0.3) is 12.2 Å². The van der Waals surface area contributed by atoms with Crippen LogP contribution in [0.2, 0.25) is 0 Å². The number of benzene rings is 4. The molecular weight excluding hydrogens is 881 g/mol. The minimum atomic E-state index is -4.36. The van der Waals surface area contributed by atoms with E-state index in [0.29, 0.717) is 45.4 Å². The average Bonchev–Trinajstić information content (AvgIpc) is 3.75.